The van der Waals surface area contributed by atoms with E-state index in [9.17, 15) is 0 Å². The predicted molar refractivity (Wildman–Crippen MR) is 147 cm³/mol. The van der Waals surface area contributed by atoms with E-state index in [0.717, 1.165) is 34.3 Å². The van der Waals surface area contributed by atoms with Gasteiger partial charge in [-0.05, 0) is 80.5 Å². The number of ether oxygens (including phenoxy) is 2. The molecule has 1 aliphatic rings. The lowest BCUT2D eigenvalue weighted by Gasteiger charge is -2.29. The Hall–Kier alpha value is -3.84. The molecule has 6 nitrogen and oxygen atoms in total. The normalized spacial score (nSPS) is 17.2. The molecule has 2 aromatic heterocycles. The second-order valence-corrected chi connectivity index (χ2v) is 9.37. The highest BCUT2D eigenvalue weighted by Crippen LogP contribution is 2.47. The van der Waals surface area contributed by atoms with Crippen molar-refractivity contribution in [3.63, 3.8) is 0 Å². The number of aromatic nitrogens is 2. The zero-order valence-electron chi connectivity index (χ0n) is 21.1. The fraction of sp³-hybridized carbons (Fsp3) is 0.241. The monoisotopic (exact) mass is 498 g/mol. The molecule has 0 amide bonds. The third-order valence-corrected chi connectivity index (χ3v) is 7.20. The first kappa shape index (κ1) is 23.9. The second-order valence-electron chi connectivity index (χ2n) is 8.98. The molecule has 184 valence electrons. The number of aryl methyl sites for hydroxylation is 2. The summed E-state index contributed by atoms with van der Waals surface area (Å²) in [5, 5.41) is 4.17. The molecule has 2 atom stereocenters. The van der Waals surface area contributed by atoms with Gasteiger partial charge < -0.3 is 24.3 Å². The predicted octanol–water partition coefficient (Wildman–Crippen LogP) is 5.99. The summed E-state index contributed by atoms with van der Waals surface area (Å²) in [4.78, 5) is 6.83. The summed E-state index contributed by atoms with van der Waals surface area (Å²) in [7, 11) is 3.34. The van der Waals surface area contributed by atoms with Gasteiger partial charge in [-0.25, -0.2) is 0 Å². The number of methoxy groups -OCH3 is 2. The maximum Gasteiger partial charge on any atom is 0.174 e. The minimum Gasteiger partial charge on any atom is -0.497 e. The van der Waals surface area contributed by atoms with Crippen LogP contribution in [0.5, 0.6) is 11.5 Å². The van der Waals surface area contributed by atoms with E-state index in [1.165, 1.54) is 16.8 Å². The van der Waals surface area contributed by atoms with Crippen LogP contribution in [-0.4, -0.2) is 28.9 Å². The van der Waals surface area contributed by atoms with E-state index in [2.05, 4.69) is 65.9 Å². The van der Waals surface area contributed by atoms with Crippen LogP contribution in [0.3, 0.4) is 0 Å². The van der Waals surface area contributed by atoms with Gasteiger partial charge in [0, 0.05) is 29.3 Å². The molecule has 0 radical (unpaired) electrons. The number of nitrogens with zero attached hydrogens (tertiary/aromatic N) is 3. The van der Waals surface area contributed by atoms with Crippen LogP contribution in [0.2, 0.25) is 0 Å². The summed E-state index contributed by atoms with van der Waals surface area (Å²) in [6.07, 6.45) is 1.82. The van der Waals surface area contributed by atoms with E-state index in [1.54, 1.807) is 14.2 Å². The van der Waals surface area contributed by atoms with E-state index < -0.39 is 0 Å². The average Bonchev–Trinajstić information content (AvgIpc) is 3.39. The van der Waals surface area contributed by atoms with Crippen molar-refractivity contribution in [1.82, 2.24) is 14.9 Å². The fourth-order valence-electron chi connectivity index (χ4n) is 5.19. The van der Waals surface area contributed by atoms with Crippen LogP contribution >= 0.6 is 12.2 Å². The maximum absolute atomic E-state index is 5.94. The van der Waals surface area contributed by atoms with E-state index in [-0.39, 0.29) is 12.1 Å². The molecule has 0 spiro atoms. The molecule has 36 heavy (non-hydrogen) atoms. The number of anilines is 1. The molecule has 3 heterocycles. The van der Waals surface area contributed by atoms with Gasteiger partial charge in [0.1, 0.15) is 11.5 Å². The van der Waals surface area contributed by atoms with E-state index in [4.69, 9.17) is 26.7 Å². The van der Waals surface area contributed by atoms with Gasteiger partial charge in [-0.1, -0.05) is 24.3 Å². The Kier molecular flexibility index (Phi) is 6.41. The third-order valence-electron chi connectivity index (χ3n) is 6.89. The Labute approximate surface area is 217 Å². The Morgan fingerprint density at radius 1 is 0.889 bits per heavy atom. The molecule has 1 saturated heterocycles. The van der Waals surface area contributed by atoms with Crippen molar-refractivity contribution in [3.05, 3.63) is 101 Å². The summed E-state index contributed by atoms with van der Waals surface area (Å²) < 4.78 is 13.6. The van der Waals surface area contributed by atoms with Gasteiger partial charge >= 0.3 is 0 Å². The summed E-state index contributed by atoms with van der Waals surface area (Å²) in [5.41, 5.74) is 7.65. The van der Waals surface area contributed by atoms with Crippen molar-refractivity contribution in [2.75, 3.05) is 19.1 Å². The van der Waals surface area contributed by atoms with Gasteiger partial charge in [0.15, 0.2) is 5.11 Å². The van der Waals surface area contributed by atoms with Crippen LogP contribution < -0.4 is 19.7 Å². The summed E-state index contributed by atoms with van der Waals surface area (Å²) in [5.74, 6) is 1.46. The van der Waals surface area contributed by atoms with E-state index in [0.29, 0.717) is 5.11 Å². The Balaban J connectivity index is 1.73. The fourth-order valence-corrected chi connectivity index (χ4v) is 5.53. The smallest absolute Gasteiger partial charge is 0.174 e. The quantitative estimate of drug-likeness (QED) is 0.330. The number of hydrogen-bond acceptors (Lipinski definition) is 4. The highest BCUT2D eigenvalue weighted by Gasteiger charge is 2.43. The van der Waals surface area contributed by atoms with Crippen molar-refractivity contribution in [2.24, 2.45) is 0 Å². The Morgan fingerprint density at radius 2 is 1.67 bits per heavy atom. The minimum atomic E-state index is -0.155. The van der Waals surface area contributed by atoms with E-state index in [1.807, 2.05) is 42.6 Å². The molecular formula is C29H30N4O2S. The molecule has 5 rings (SSSR count). The van der Waals surface area contributed by atoms with Gasteiger partial charge in [0.05, 0.1) is 37.7 Å². The highest BCUT2D eigenvalue weighted by molar-refractivity contribution is 7.80. The molecule has 0 aliphatic carbocycles. The lowest BCUT2D eigenvalue weighted by atomic mass is 9.96. The molecule has 2 unspecified atom stereocenters. The number of rotatable bonds is 6. The van der Waals surface area contributed by atoms with Crippen LogP contribution in [0, 0.1) is 20.8 Å². The number of hydrogen-bond donors (Lipinski definition) is 1. The molecule has 1 fully saturated rings. The van der Waals surface area contributed by atoms with Crippen molar-refractivity contribution >= 4 is 23.0 Å². The molecule has 2 aromatic carbocycles. The largest absolute Gasteiger partial charge is 0.497 e. The minimum absolute atomic E-state index is 0.152. The molecular weight excluding hydrogens is 468 g/mol. The zero-order valence-corrected chi connectivity index (χ0v) is 22.0. The van der Waals surface area contributed by atoms with Gasteiger partial charge in [-0.2, -0.15) is 0 Å². The first-order valence-electron chi connectivity index (χ1n) is 11.9. The molecule has 1 N–H and O–H groups in total. The zero-order chi connectivity index (χ0) is 25.4. The molecule has 1 aliphatic heterocycles. The number of thiocarbonyl (C=S) groups is 1. The van der Waals surface area contributed by atoms with Gasteiger partial charge in [-0.15, -0.1) is 0 Å². The van der Waals surface area contributed by atoms with Gasteiger partial charge in [0.2, 0.25) is 0 Å². The Morgan fingerprint density at radius 3 is 2.36 bits per heavy atom. The molecule has 0 saturated carbocycles. The maximum atomic E-state index is 5.94. The van der Waals surface area contributed by atoms with Crippen LogP contribution in [0.1, 0.15) is 40.3 Å². The SMILES string of the molecule is COc1ccc(OC)c(N2C(=S)NC(c3ccccn3)C2c2cc(C)n(-c3ccccc3C)c2C)c1. The molecule has 7 heteroatoms. The molecule has 4 aromatic rings. The lowest BCUT2D eigenvalue weighted by Crippen LogP contribution is -2.30. The van der Waals surface area contributed by atoms with Crippen LogP contribution in [0.4, 0.5) is 5.69 Å². The van der Waals surface area contributed by atoms with Crippen molar-refractivity contribution < 1.29 is 9.47 Å². The molecule has 0 bridgehead atoms. The first-order valence-corrected chi connectivity index (χ1v) is 12.3. The van der Waals surface area contributed by atoms with Crippen molar-refractivity contribution in [2.45, 2.75) is 32.9 Å². The van der Waals surface area contributed by atoms with Crippen molar-refractivity contribution in [3.8, 4) is 17.2 Å². The summed E-state index contributed by atoms with van der Waals surface area (Å²) in [6, 6.07) is 22.2. The number of pyridine rings is 1. The number of benzene rings is 2. The van der Waals surface area contributed by atoms with E-state index >= 15 is 0 Å². The summed E-state index contributed by atoms with van der Waals surface area (Å²) >= 11 is 5.94. The highest BCUT2D eigenvalue weighted by atomic mass is 32.1. The van der Waals surface area contributed by atoms with Crippen LogP contribution in [0.15, 0.2) is 72.9 Å². The Bertz CT molecular complexity index is 1420. The number of para-hydroxylation sites is 1. The average molecular weight is 499 g/mol. The van der Waals surface area contributed by atoms with Gasteiger partial charge in [0.25, 0.3) is 0 Å². The standard InChI is InChI=1S/C29H30N4O2S/c1-18-10-6-7-12-24(18)32-19(2)16-22(20(32)3)28-27(23-11-8-9-15-30-23)31-29(36)33(28)25-17-21(34-4)13-14-26(25)35-5/h6-17,27-28H,1-5H3,(H,31,36). The van der Waals surface area contributed by atoms with Gasteiger partial charge in [-0.3, -0.25) is 4.98 Å². The lowest BCUT2D eigenvalue weighted by molar-refractivity contribution is 0.403. The number of nitrogens with one attached hydrogen (secondary N) is 1. The summed E-state index contributed by atoms with van der Waals surface area (Å²) in [6.45, 7) is 6.47. The first-order chi connectivity index (χ1) is 17.4. The second kappa shape index (κ2) is 9.66. The van der Waals surface area contributed by atoms with Crippen LogP contribution in [-0.2, 0) is 0 Å². The topological polar surface area (TPSA) is 51.6 Å². The van der Waals surface area contributed by atoms with Crippen molar-refractivity contribution in [1.29, 1.82) is 0 Å². The van der Waals surface area contributed by atoms with Crippen LogP contribution in [0.25, 0.3) is 5.69 Å². The third kappa shape index (κ3) is 3.99.